The highest BCUT2D eigenvalue weighted by molar-refractivity contribution is 5.71. The number of unbranched alkanes of at least 4 members (excludes halogenated alkanes) is 36. The van der Waals surface area contributed by atoms with Crippen molar-refractivity contribution in [2.24, 2.45) is 0 Å². The van der Waals surface area contributed by atoms with Crippen LogP contribution in [0.4, 0.5) is 0 Å². The van der Waals surface area contributed by atoms with Crippen LogP contribution in [0.15, 0.2) is 97.2 Å². The molecule has 0 rings (SSSR count). The first-order chi connectivity index (χ1) is 40.0. The highest BCUT2D eigenvalue weighted by atomic mass is 16.6. The molecule has 0 N–H and O–H groups in total. The zero-order valence-corrected chi connectivity index (χ0v) is 53.5. The monoisotopic (exact) mass is 1130 g/mol. The first-order valence-corrected chi connectivity index (χ1v) is 34.7. The summed E-state index contributed by atoms with van der Waals surface area (Å²) in [6, 6.07) is 0. The van der Waals surface area contributed by atoms with Gasteiger partial charge in [-0.2, -0.15) is 0 Å². The van der Waals surface area contributed by atoms with Crippen LogP contribution >= 0.6 is 0 Å². The second-order valence-corrected chi connectivity index (χ2v) is 23.1. The SMILES string of the molecule is CC/C=C\C/C=C\C/C=C\C/C=C\C/C=C\CCCC(=O)OCC(COC(=O)CCCCCCCCCCCCCCCCC/C=C\C/C=C\CCCCCCC)OC(=O)CCCCCCCCCCC/C=C\CCCCCCCC. The summed E-state index contributed by atoms with van der Waals surface area (Å²) in [5.41, 5.74) is 0. The summed E-state index contributed by atoms with van der Waals surface area (Å²) in [4.78, 5) is 38.4. The van der Waals surface area contributed by atoms with Gasteiger partial charge in [0.1, 0.15) is 13.2 Å². The Morgan fingerprint density at radius 3 is 0.815 bits per heavy atom. The number of ether oxygens (including phenoxy) is 3. The maximum Gasteiger partial charge on any atom is 0.306 e. The number of hydrogen-bond acceptors (Lipinski definition) is 6. The lowest BCUT2D eigenvalue weighted by atomic mass is 10.0. The van der Waals surface area contributed by atoms with Gasteiger partial charge in [0, 0.05) is 19.3 Å². The Morgan fingerprint density at radius 2 is 0.494 bits per heavy atom. The molecule has 6 heteroatoms. The van der Waals surface area contributed by atoms with Crippen molar-refractivity contribution in [3.63, 3.8) is 0 Å². The summed E-state index contributed by atoms with van der Waals surface area (Å²) in [7, 11) is 0. The predicted molar refractivity (Wildman–Crippen MR) is 353 cm³/mol. The van der Waals surface area contributed by atoms with Crippen molar-refractivity contribution in [1.82, 2.24) is 0 Å². The maximum atomic E-state index is 12.9. The van der Waals surface area contributed by atoms with Crippen molar-refractivity contribution in [2.45, 2.75) is 348 Å². The van der Waals surface area contributed by atoms with E-state index in [9.17, 15) is 14.4 Å². The summed E-state index contributed by atoms with van der Waals surface area (Å²) in [5, 5.41) is 0. The van der Waals surface area contributed by atoms with Crippen LogP contribution < -0.4 is 0 Å². The molecule has 0 aromatic carbocycles. The lowest BCUT2D eigenvalue weighted by Gasteiger charge is -2.18. The van der Waals surface area contributed by atoms with Crippen molar-refractivity contribution in [1.29, 1.82) is 0 Å². The van der Waals surface area contributed by atoms with Crippen molar-refractivity contribution in [2.75, 3.05) is 13.2 Å². The molecule has 0 aliphatic rings. The van der Waals surface area contributed by atoms with E-state index in [0.717, 1.165) is 83.5 Å². The van der Waals surface area contributed by atoms with Gasteiger partial charge in [0.25, 0.3) is 0 Å². The summed E-state index contributed by atoms with van der Waals surface area (Å²) in [5.74, 6) is -0.943. The quantitative estimate of drug-likeness (QED) is 0.0261. The van der Waals surface area contributed by atoms with Gasteiger partial charge in [-0.25, -0.2) is 0 Å². The van der Waals surface area contributed by atoms with Gasteiger partial charge in [0.15, 0.2) is 6.10 Å². The van der Waals surface area contributed by atoms with Crippen LogP contribution in [0.25, 0.3) is 0 Å². The van der Waals surface area contributed by atoms with Crippen LogP contribution in [-0.2, 0) is 28.6 Å². The molecule has 0 aromatic rings. The normalized spacial score (nSPS) is 12.7. The maximum absolute atomic E-state index is 12.9. The molecule has 6 nitrogen and oxygen atoms in total. The average Bonchev–Trinajstić information content (AvgIpc) is 3.47. The predicted octanol–water partition coefficient (Wildman–Crippen LogP) is 24.0. The Balaban J connectivity index is 4.36. The lowest BCUT2D eigenvalue weighted by Crippen LogP contribution is -2.30. The summed E-state index contributed by atoms with van der Waals surface area (Å²) < 4.78 is 16.9. The van der Waals surface area contributed by atoms with Crippen molar-refractivity contribution < 1.29 is 28.6 Å². The molecule has 0 heterocycles. The number of carbonyl (C=O) groups is 3. The number of hydrogen-bond donors (Lipinski definition) is 0. The molecule has 0 aliphatic heterocycles. The zero-order valence-electron chi connectivity index (χ0n) is 53.5. The molecular weight excluding hydrogens is 997 g/mol. The van der Waals surface area contributed by atoms with Gasteiger partial charge in [0.2, 0.25) is 0 Å². The third-order valence-electron chi connectivity index (χ3n) is 15.0. The number of allylic oxidation sites excluding steroid dienone is 16. The van der Waals surface area contributed by atoms with Crippen LogP contribution in [0.1, 0.15) is 342 Å². The number of rotatable bonds is 63. The standard InChI is InChI=1S/C75H130O6/c1-4-7-10-13-16-19-22-25-28-31-33-34-35-36-37-38-39-40-42-44-47-50-53-56-59-62-65-68-74(77)80-71-72(70-79-73(76)67-64-61-58-55-52-49-46-43-30-27-24-21-18-15-12-9-6-3)81-75(78)69-66-63-60-57-54-51-48-45-41-32-29-26-23-20-17-14-11-8-5-2/h9,12,18,21-22,25-27,29-31,33,46,49,55,58,72H,4-8,10-11,13-17,19-20,23-24,28,32,34-45,47-48,50-54,56-57,59-71H2,1-3H3/b12-9-,21-18-,25-22-,29-26-,30-27-,33-31-,49-46-,58-55-. The summed E-state index contributed by atoms with van der Waals surface area (Å²) in [6.07, 6.45) is 92.9. The molecule has 0 aliphatic carbocycles. The fourth-order valence-electron chi connectivity index (χ4n) is 9.86. The summed E-state index contributed by atoms with van der Waals surface area (Å²) >= 11 is 0. The van der Waals surface area contributed by atoms with Gasteiger partial charge >= 0.3 is 17.9 Å². The Bertz CT molecular complexity index is 1580. The van der Waals surface area contributed by atoms with E-state index in [0.29, 0.717) is 19.3 Å². The van der Waals surface area contributed by atoms with Gasteiger partial charge in [-0.15, -0.1) is 0 Å². The molecular formula is C75H130O6. The highest BCUT2D eigenvalue weighted by Gasteiger charge is 2.19. The van der Waals surface area contributed by atoms with E-state index in [-0.39, 0.29) is 37.5 Å². The fourth-order valence-corrected chi connectivity index (χ4v) is 9.86. The number of carbonyl (C=O) groups excluding carboxylic acids is 3. The van der Waals surface area contributed by atoms with Crippen molar-refractivity contribution >= 4 is 17.9 Å². The third-order valence-corrected chi connectivity index (χ3v) is 15.0. The second-order valence-electron chi connectivity index (χ2n) is 23.1. The van der Waals surface area contributed by atoms with Gasteiger partial charge in [-0.3, -0.25) is 14.4 Å². The fraction of sp³-hybridized carbons (Fsp3) is 0.747. The van der Waals surface area contributed by atoms with Crippen molar-refractivity contribution in [3.8, 4) is 0 Å². The van der Waals surface area contributed by atoms with Crippen LogP contribution in [0.2, 0.25) is 0 Å². The Morgan fingerprint density at radius 1 is 0.259 bits per heavy atom. The lowest BCUT2D eigenvalue weighted by molar-refractivity contribution is -0.167. The van der Waals surface area contributed by atoms with E-state index < -0.39 is 6.10 Å². The molecule has 0 spiro atoms. The topological polar surface area (TPSA) is 78.9 Å². The highest BCUT2D eigenvalue weighted by Crippen LogP contribution is 2.17. The van der Waals surface area contributed by atoms with E-state index >= 15 is 0 Å². The third kappa shape index (κ3) is 67.0. The van der Waals surface area contributed by atoms with Crippen LogP contribution in [0.3, 0.4) is 0 Å². The van der Waals surface area contributed by atoms with Gasteiger partial charge in [-0.1, -0.05) is 304 Å². The Labute approximate surface area is 502 Å². The first-order valence-electron chi connectivity index (χ1n) is 34.7. The van der Waals surface area contributed by atoms with Gasteiger partial charge < -0.3 is 14.2 Å². The Kier molecular flexibility index (Phi) is 65.7. The molecule has 0 amide bonds. The molecule has 0 bridgehead atoms. The van der Waals surface area contributed by atoms with E-state index in [1.165, 1.54) is 212 Å². The Hall–Kier alpha value is -3.67. The van der Waals surface area contributed by atoms with E-state index in [1.54, 1.807) is 0 Å². The van der Waals surface area contributed by atoms with Gasteiger partial charge in [0.05, 0.1) is 0 Å². The molecule has 0 saturated carbocycles. The smallest absolute Gasteiger partial charge is 0.306 e. The molecule has 0 saturated heterocycles. The molecule has 1 unspecified atom stereocenters. The summed E-state index contributed by atoms with van der Waals surface area (Å²) in [6.45, 7) is 6.50. The minimum Gasteiger partial charge on any atom is -0.462 e. The number of esters is 3. The molecule has 1 atom stereocenters. The van der Waals surface area contributed by atoms with E-state index in [1.807, 2.05) is 0 Å². The van der Waals surface area contributed by atoms with Crippen molar-refractivity contribution in [3.05, 3.63) is 97.2 Å². The van der Waals surface area contributed by atoms with Gasteiger partial charge in [-0.05, 0) is 116 Å². The molecule has 0 fully saturated rings. The van der Waals surface area contributed by atoms with E-state index in [2.05, 4.69) is 118 Å². The molecule has 0 aromatic heterocycles. The first kappa shape index (κ1) is 77.3. The molecule has 466 valence electrons. The van der Waals surface area contributed by atoms with E-state index in [4.69, 9.17) is 14.2 Å². The molecule has 81 heavy (non-hydrogen) atoms. The zero-order chi connectivity index (χ0) is 58.5. The largest absolute Gasteiger partial charge is 0.462 e. The van der Waals surface area contributed by atoms with Crippen LogP contribution in [0, 0.1) is 0 Å². The average molecular weight is 1130 g/mol. The molecule has 0 radical (unpaired) electrons. The van der Waals surface area contributed by atoms with Crippen LogP contribution in [-0.4, -0.2) is 37.2 Å². The minimum atomic E-state index is -0.804. The van der Waals surface area contributed by atoms with Crippen LogP contribution in [0.5, 0.6) is 0 Å². The minimum absolute atomic E-state index is 0.0942. The second kappa shape index (κ2) is 68.8.